The van der Waals surface area contributed by atoms with Crippen molar-refractivity contribution in [2.75, 3.05) is 13.2 Å². The average molecular weight is 465 g/mol. The lowest BCUT2D eigenvalue weighted by atomic mass is 10.1. The number of ether oxygens (including phenoxy) is 1. The first kappa shape index (κ1) is 30.3. The van der Waals surface area contributed by atoms with Crippen LogP contribution >= 0.6 is 7.82 Å². The quantitative estimate of drug-likeness (QED) is 0.0801. The van der Waals surface area contributed by atoms with Crippen LogP contribution in [0.4, 0.5) is 0 Å². The first-order valence-corrected chi connectivity index (χ1v) is 13.6. The van der Waals surface area contributed by atoms with Gasteiger partial charge in [-0.1, -0.05) is 83.3 Å². The molecule has 0 radical (unpaired) electrons. The fraction of sp³-hybridized carbons (Fsp3) is 0.870. The molecule has 7 nitrogen and oxygen atoms in total. The van der Waals surface area contributed by atoms with E-state index in [2.05, 4.69) is 23.6 Å². The van der Waals surface area contributed by atoms with E-state index in [1.54, 1.807) is 0 Å². The molecule has 0 rings (SSSR count). The summed E-state index contributed by atoms with van der Waals surface area (Å²) < 4.78 is 19.5. The molecule has 1 atom stereocenters. The van der Waals surface area contributed by atoms with E-state index < -0.39 is 26.5 Å². The number of phosphoric ester groups is 1. The molecule has 184 valence electrons. The van der Waals surface area contributed by atoms with Gasteiger partial charge in [0.25, 0.3) is 0 Å². The zero-order chi connectivity index (χ0) is 23.2. The smallest absolute Gasteiger partial charge is 0.463 e. The minimum Gasteiger partial charge on any atom is -0.463 e. The van der Waals surface area contributed by atoms with Gasteiger partial charge in [-0.3, -0.25) is 9.32 Å². The number of carbonyl (C=O) groups is 1. The molecule has 0 spiro atoms. The van der Waals surface area contributed by atoms with Crippen LogP contribution in [0.3, 0.4) is 0 Å². The highest BCUT2D eigenvalue weighted by Crippen LogP contribution is 2.35. The number of esters is 1. The Morgan fingerprint density at radius 3 is 1.81 bits per heavy atom. The first-order chi connectivity index (χ1) is 14.8. The van der Waals surface area contributed by atoms with Gasteiger partial charge < -0.3 is 19.6 Å². The molecule has 0 saturated carbocycles. The zero-order valence-electron chi connectivity index (χ0n) is 19.4. The van der Waals surface area contributed by atoms with Crippen molar-refractivity contribution in [3.63, 3.8) is 0 Å². The van der Waals surface area contributed by atoms with Gasteiger partial charge in [-0.25, -0.2) is 4.57 Å². The van der Waals surface area contributed by atoms with E-state index in [0.29, 0.717) is 0 Å². The minimum absolute atomic E-state index is 0.278. The number of allylic oxidation sites excluding steroid dienone is 2. The Labute approximate surface area is 188 Å². The van der Waals surface area contributed by atoms with E-state index in [-0.39, 0.29) is 13.0 Å². The van der Waals surface area contributed by atoms with Gasteiger partial charge >= 0.3 is 13.8 Å². The van der Waals surface area contributed by atoms with E-state index >= 15 is 0 Å². The standard InChI is InChI=1S/C23H45O7P/c1-2-3-4-5-6-7-8-9-10-11-12-13-14-15-16-17-18-19-23(25)29-20-22(24)21-30-31(26,27)28/h12-13,22,24H,2-11,14-21H2,1H3,(H2,26,27,28). The van der Waals surface area contributed by atoms with Crippen LogP contribution in [-0.2, 0) is 18.6 Å². The molecule has 0 heterocycles. The maximum Gasteiger partial charge on any atom is 0.469 e. The maximum absolute atomic E-state index is 11.6. The number of rotatable bonds is 22. The third-order valence-corrected chi connectivity index (χ3v) is 5.50. The lowest BCUT2D eigenvalue weighted by Gasteiger charge is -2.12. The molecule has 0 aromatic rings. The molecular weight excluding hydrogens is 419 g/mol. The van der Waals surface area contributed by atoms with Gasteiger partial charge in [0.05, 0.1) is 6.61 Å². The van der Waals surface area contributed by atoms with Gasteiger partial charge in [0.15, 0.2) is 0 Å². The fourth-order valence-electron chi connectivity index (χ4n) is 3.19. The Morgan fingerprint density at radius 1 is 0.806 bits per heavy atom. The van der Waals surface area contributed by atoms with Crippen LogP contribution in [-0.4, -0.2) is 40.2 Å². The maximum atomic E-state index is 11.6. The largest absolute Gasteiger partial charge is 0.469 e. The van der Waals surface area contributed by atoms with Crippen molar-refractivity contribution in [1.82, 2.24) is 0 Å². The van der Waals surface area contributed by atoms with Crippen molar-refractivity contribution in [1.29, 1.82) is 0 Å². The van der Waals surface area contributed by atoms with Crippen molar-refractivity contribution >= 4 is 13.8 Å². The summed E-state index contributed by atoms with van der Waals surface area (Å²) in [5.41, 5.74) is 0. The Bertz CT molecular complexity index is 490. The molecule has 8 heteroatoms. The number of phosphoric acid groups is 1. The van der Waals surface area contributed by atoms with Gasteiger partial charge in [0, 0.05) is 6.42 Å². The Hall–Kier alpha value is -0.720. The molecule has 0 aliphatic carbocycles. The van der Waals surface area contributed by atoms with Gasteiger partial charge in [0.2, 0.25) is 0 Å². The molecule has 0 saturated heterocycles. The van der Waals surface area contributed by atoms with Gasteiger partial charge in [-0.2, -0.15) is 0 Å². The molecule has 0 aliphatic rings. The first-order valence-electron chi connectivity index (χ1n) is 12.0. The molecule has 0 fully saturated rings. The highest BCUT2D eigenvalue weighted by atomic mass is 31.2. The Morgan fingerprint density at radius 2 is 1.29 bits per heavy atom. The summed E-state index contributed by atoms with van der Waals surface area (Å²) in [6.07, 6.45) is 21.9. The van der Waals surface area contributed by atoms with Gasteiger partial charge in [-0.05, 0) is 32.1 Å². The molecule has 3 N–H and O–H groups in total. The van der Waals surface area contributed by atoms with E-state index in [0.717, 1.165) is 32.1 Å². The van der Waals surface area contributed by atoms with Gasteiger partial charge in [0.1, 0.15) is 12.7 Å². The summed E-state index contributed by atoms with van der Waals surface area (Å²) in [7, 11) is -4.62. The number of unbranched alkanes of at least 4 members (excludes halogenated alkanes) is 13. The van der Waals surface area contributed by atoms with Crippen LogP contribution in [0.2, 0.25) is 0 Å². The number of aliphatic hydroxyl groups excluding tert-OH is 1. The summed E-state index contributed by atoms with van der Waals surface area (Å²) in [6, 6.07) is 0. The van der Waals surface area contributed by atoms with E-state index in [1.165, 1.54) is 64.2 Å². The van der Waals surface area contributed by atoms with E-state index in [9.17, 15) is 14.5 Å². The summed E-state index contributed by atoms with van der Waals surface area (Å²) in [5.74, 6) is -0.420. The second-order valence-electron chi connectivity index (χ2n) is 8.16. The summed E-state index contributed by atoms with van der Waals surface area (Å²) >= 11 is 0. The van der Waals surface area contributed by atoms with Crippen molar-refractivity contribution in [2.45, 2.75) is 116 Å². The third-order valence-electron chi connectivity index (χ3n) is 5.01. The monoisotopic (exact) mass is 464 g/mol. The number of aliphatic hydroxyl groups is 1. The predicted molar refractivity (Wildman–Crippen MR) is 124 cm³/mol. The normalized spacial score (nSPS) is 13.0. The van der Waals surface area contributed by atoms with Crippen LogP contribution in [0, 0.1) is 0 Å². The lowest BCUT2D eigenvalue weighted by molar-refractivity contribution is -0.147. The van der Waals surface area contributed by atoms with Crippen LogP contribution in [0.15, 0.2) is 12.2 Å². The van der Waals surface area contributed by atoms with Crippen molar-refractivity contribution < 1.29 is 33.5 Å². The molecule has 0 aliphatic heterocycles. The summed E-state index contributed by atoms with van der Waals surface area (Å²) in [6.45, 7) is 1.34. The number of hydrogen-bond acceptors (Lipinski definition) is 5. The number of hydrogen-bond donors (Lipinski definition) is 3. The zero-order valence-corrected chi connectivity index (χ0v) is 20.3. The van der Waals surface area contributed by atoms with Gasteiger partial charge in [-0.15, -0.1) is 0 Å². The second kappa shape index (κ2) is 21.1. The Kier molecular flexibility index (Phi) is 20.7. The molecule has 31 heavy (non-hydrogen) atoms. The summed E-state index contributed by atoms with van der Waals surface area (Å²) in [4.78, 5) is 28.6. The van der Waals surface area contributed by atoms with Crippen LogP contribution in [0.25, 0.3) is 0 Å². The van der Waals surface area contributed by atoms with Crippen LogP contribution < -0.4 is 0 Å². The lowest BCUT2D eigenvalue weighted by Crippen LogP contribution is -2.23. The molecular formula is C23H45O7P. The van der Waals surface area contributed by atoms with E-state index in [4.69, 9.17) is 14.5 Å². The molecule has 0 aromatic heterocycles. The SMILES string of the molecule is CCCCCCCCCCCC=CCCCCCCC(=O)OCC(O)COP(=O)(O)O. The molecule has 1 unspecified atom stereocenters. The van der Waals surface area contributed by atoms with E-state index in [1.807, 2.05) is 0 Å². The highest BCUT2D eigenvalue weighted by molar-refractivity contribution is 7.46. The highest BCUT2D eigenvalue weighted by Gasteiger charge is 2.17. The third kappa shape index (κ3) is 25.4. The molecule has 0 aromatic carbocycles. The Balaban J connectivity index is 3.36. The molecule has 0 amide bonds. The average Bonchev–Trinajstić information content (AvgIpc) is 2.72. The fourth-order valence-corrected chi connectivity index (χ4v) is 3.55. The second-order valence-corrected chi connectivity index (χ2v) is 9.40. The van der Waals surface area contributed by atoms with Crippen molar-refractivity contribution in [3.05, 3.63) is 12.2 Å². The summed E-state index contributed by atoms with van der Waals surface area (Å²) in [5, 5.41) is 9.43. The predicted octanol–water partition coefficient (Wildman–Crippen LogP) is 5.82. The molecule has 0 bridgehead atoms. The number of carbonyl (C=O) groups excluding carboxylic acids is 1. The topological polar surface area (TPSA) is 113 Å². The van der Waals surface area contributed by atoms with Crippen LogP contribution in [0.5, 0.6) is 0 Å². The van der Waals surface area contributed by atoms with Crippen molar-refractivity contribution in [2.24, 2.45) is 0 Å². The minimum atomic E-state index is -4.62. The van der Waals surface area contributed by atoms with Crippen molar-refractivity contribution in [3.8, 4) is 0 Å². The van der Waals surface area contributed by atoms with Crippen LogP contribution in [0.1, 0.15) is 110 Å².